The van der Waals surface area contributed by atoms with Crippen molar-refractivity contribution in [3.05, 3.63) is 62.1 Å². The van der Waals surface area contributed by atoms with E-state index in [0.29, 0.717) is 14.9 Å². The first-order chi connectivity index (χ1) is 17.1. The predicted octanol–water partition coefficient (Wildman–Crippen LogP) is 3.62. The van der Waals surface area contributed by atoms with Crippen LogP contribution in [0.25, 0.3) is 0 Å². The molecular weight excluding hydrogens is 547 g/mol. The van der Waals surface area contributed by atoms with E-state index in [1.165, 1.54) is 37.1 Å². The lowest BCUT2D eigenvalue weighted by molar-refractivity contribution is -0.384. The number of hydrogen-bond donors (Lipinski definition) is 1. The largest absolute Gasteiger partial charge is 0.495 e. The molecule has 0 aliphatic heterocycles. The fourth-order valence-corrected chi connectivity index (χ4v) is 4.57. The summed E-state index contributed by atoms with van der Waals surface area (Å²) in [5, 5.41) is 14.6. The van der Waals surface area contributed by atoms with Crippen molar-refractivity contribution in [3.8, 4) is 5.75 Å². The Kier molecular flexibility index (Phi) is 10.1. The third kappa shape index (κ3) is 7.94. The minimum absolute atomic E-state index is 0.00505. The van der Waals surface area contributed by atoms with Crippen LogP contribution in [0.2, 0.25) is 10.0 Å². The maximum Gasteiger partial charge on any atom is 0.271 e. The van der Waals surface area contributed by atoms with Gasteiger partial charge in [0.25, 0.3) is 5.69 Å². The standard InChI is InChI=1S/C23H28Cl2N4O7S/c1-14(2)26-23(31)15(3)27(12-16-6-8-18(24)19(25)10-16)22(30)13-28(37(5,34)35)20-11-17(29(32)33)7-9-21(20)36-4/h6-11,14-15H,12-13H2,1-5H3,(H,26,31)/t15-/m1/s1. The van der Waals surface area contributed by atoms with Gasteiger partial charge in [-0.2, -0.15) is 0 Å². The summed E-state index contributed by atoms with van der Waals surface area (Å²) in [7, 11) is -2.86. The highest BCUT2D eigenvalue weighted by molar-refractivity contribution is 7.92. The van der Waals surface area contributed by atoms with Crippen molar-refractivity contribution in [2.75, 3.05) is 24.2 Å². The van der Waals surface area contributed by atoms with E-state index in [2.05, 4.69) is 5.32 Å². The Labute approximate surface area is 225 Å². The van der Waals surface area contributed by atoms with Crippen LogP contribution in [0.4, 0.5) is 11.4 Å². The highest BCUT2D eigenvalue weighted by Gasteiger charge is 2.32. The van der Waals surface area contributed by atoms with Crippen LogP contribution in [0.15, 0.2) is 36.4 Å². The van der Waals surface area contributed by atoms with Gasteiger partial charge in [-0.05, 0) is 44.5 Å². The number of non-ortho nitro benzene ring substituents is 1. The van der Waals surface area contributed by atoms with Crippen LogP contribution in [-0.4, -0.2) is 62.0 Å². The van der Waals surface area contributed by atoms with Gasteiger partial charge in [0.05, 0.1) is 28.3 Å². The van der Waals surface area contributed by atoms with E-state index in [1.807, 2.05) is 0 Å². The number of amides is 2. The minimum atomic E-state index is -4.13. The average molecular weight is 575 g/mol. The van der Waals surface area contributed by atoms with Gasteiger partial charge >= 0.3 is 0 Å². The number of nitrogens with one attached hydrogen (secondary N) is 1. The molecular formula is C23H28Cl2N4O7S. The molecule has 0 unspecified atom stereocenters. The number of anilines is 1. The zero-order valence-corrected chi connectivity index (χ0v) is 23.2. The Morgan fingerprint density at radius 3 is 2.27 bits per heavy atom. The molecule has 0 aromatic heterocycles. The van der Waals surface area contributed by atoms with Crippen LogP contribution < -0.4 is 14.4 Å². The predicted molar refractivity (Wildman–Crippen MR) is 142 cm³/mol. The molecule has 2 amide bonds. The molecule has 2 aromatic carbocycles. The van der Waals surface area contributed by atoms with Crippen LogP contribution in [0.5, 0.6) is 5.75 Å². The smallest absolute Gasteiger partial charge is 0.271 e. The summed E-state index contributed by atoms with van der Waals surface area (Å²) < 4.78 is 31.4. The van der Waals surface area contributed by atoms with E-state index in [-0.39, 0.29) is 29.0 Å². The second-order valence-corrected chi connectivity index (χ2v) is 11.2. The molecule has 0 fully saturated rings. The molecule has 1 atom stereocenters. The Morgan fingerprint density at radius 1 is 1.11 bits per heavy atom. The molecule has 0 aliphatic rings. The van der Waals surface area contributed by atoms with Gasteiger partial charge in [-0.1, -0.05) is 29.3 Å². The molecule has 11 nitrogen and oxygen atoms in total. The third-order valence-electron chi connectivity index (χ3n) is 5.26. The zero-order valence-electron chi connectivity index (χ0n) is 20.9. The van der Waals surface area contributed by atoms with Gasteiger partial charge in [-0.3, -0.25) is 24.0 Å². The Bertz CT molecular complexity index is 1290. The minimum Gasteiger partial charge on any atom is -0.495 e. The second-order valence-electron chi connectivity index (χ2n) is 8.49. The summed E-state index contributed by atoms with van der Waals surface area (Å²) in [4.78, 5) is 38.2. The van der Waals surface area contributed by atoms with Gasteiger partial charge in [0.15, 0.2) is 0 Å². The van der Waals surface area contributed by atoms with E-state index in [1.54, 1.807) is 19.9 Å². The summed E-state index contributed by atoms with van der Waals surface area (Å²) in [5.74, 6) is -1.19. The van der Waals surface area contributed by atoms with Crippen LogP contribution in [0, 0.1) is 10.1 Å². The first kappa shape index (κ1) is 30.1. The number of carbonyl (C=O) groups excluding carboxylic acids is 2. The SMILES string of the molecule is COc1ccc([N+](=O)[O-])cc1N(CC(=O)N(Cc1ccc(Cl)c(Cl)c1)[C@H](C)C(=O)NC(C)C)S(C)(=O)=O. The van der Waals surface area contributed by atoms with Crippen LogP contribution in [0.1, 0.15) is 26.3 Å². The molecule has 0 heterocycles. The lowest BCUT2D eigenvalue weighted by Crippen LogP contribution is -2.52. The molecule has 0 bridgehead atoms. The van der Waals surface area contributed by atoms with Gasteiger partial charge in [-0.15, -0.1) is 0 Å². The maximum atomic E-state index is 13.6. The number of carbonyl (C=O) groups is 2. The van der Waals surface area contributed by atoms with Crippen LogP contribution >= 0.6 is 23.2 Å². The fraction of sp³-hybridized carbons (Fsp3) is 0.391. The van der Waals surface area contributed by atoms with E-state index in [4.69, 9.17) is 27.9 Å². The van der Waals surface area contributed by atoms with E-state index in [0.717, 1.165) is 18.4 Å². The summed E-state index contributed by atoms with van der Waals surface area (Å²) in [6, 6.07) is 6.88. The second kappa shape index (κ2) is 12.4. The van der Waals surface area contributed by atoms with Crippen molar-refractivity contribution < 1.29 is 27.7 Å². The fourth-order valence-electron chi connectivity index (χ4n) is 3.40. The summed E-state index contributed by atoms with van der Waals surface area (Å²) in [6.07, 6.45) is 0.858. The topological polar surface area (TPSA) is 139 Å². The van der Waals surface area contributed by atoms with Crippen molar-refractivity contribution >= 4 is 56.4 Å². The maximum absolute atomic E-state index is 13.6. The number of nitro benzene ring substituents is 1. The van der Waals surface area contributed by atoms with Crippen molar-refractivity contribution in [2.24, 2.45) is 0 Å². The van der Waals surface area contributed by atoms with Gasteiger partial charge in [0.1, 0.15) is 24.0 Å². The monoisotopic (exact) mass is 574 g/mol. The third-order valence-corrected chi connectivity index (χ3v) is 7.12. The number of benzene rings is 2. The highest BCUT2D eigenvalue weighted by atomic mass is 35.5. The summed E-state index contributed by atoms with van der Waals surface area (Å²) in [6.45, 7) is 4.18. The van der Waals surface area contributed by atoms with Crippen LogP contribution in [0.3, 0.4) is 0 Å². The van der Waals surface area contributed by atoms with Gasteiger partial charge < -0.3 is 15.0 Å². The van der Waals surface area contributed by atoms with Gasteiger partial charge in [-0.25, -0.2) is 8.42 Å². The Balaban J connectivity index is 2.54. The molecule has 0 radical (unpaired) electrons. The summed E-state index contributed by atoms with van der Waals surface area (Å²) >= 11 is 12.1. The zero-order chi connectivity index (χ0) is 28.1. The number of halogens is 2. The molecule has 0 spiro atoms. The molecule has 202 valence electrons. The van der Waals surface area contributed by atoms with Gasteiger partial charge in [0, 0.05) is 24.7 Å². The number of rotatable bonds is 11. The molecule has 2 aromatic rings. The number of nitrogens with zero attached hydrogens (tertiary/aromatic N) is 3. The highest BCUT2D eigenvalue weighted by Crippen LogP contribution is 2.34. The average Bonchev–Trinajstić information content (AvgIpc) is 2.80. The van der Waals surface area contributed by atoms with Gasteiger partial charge in [0.2, 0.25) is 21.8 Å². The lowest BCUT2D eigenvalue weighted by atomic mass is 10.1. The first-order valence-corrected chi connectivity index (χ1v) is 13.6. The normalized spacial score (nSPS) is 12.1. The molecule has 1 N–H and O–H groups in total. The number of hydrogen-bond acceptors (Lipinski definition) is 7. The molecule has 37 heavy (non-hydrogen) atoms. The molecule has 2 rings (SSSR count). The van der Waals surface area contributed by atoms with Crippen molar-refractivity contribution in [3.63, 3.8) is 0 Å². The molecule has 0 saturated heterocycles. The van der Waals surface area contributed by atoms with Crippen molar-refractivity contribution in [1.82, 2.24) is 10.2 Å². The number of nitro groups is 1. The number of methoxy groups -OCH3 is 1. The Morgan fingerprint density at radius 2 is 1.76 bits per heavy atom. The lowest BCUT2D eigenvalue weighted by Gasteiger charge is -2.32. The van der Waals surface area contributed by atoms with E-state index < -0.39 is 45.0 Å². The summed E-state index contributed by atoms with van der Waals surface area (Å²) in [5.41, 5.74) is -0.0404. The van der Waals surface area contributed by atoms with Crippen molar-refractivity contribution in [1.29, 1.82) is 0 Å². The van der Waals surface area contributed by atoms with E-state index in [9.17, 15) is 28.1 Å². The molecule has 0 saturated carbocycles. The molecule has 0 aliphatic carbocycles. The number of sulfonamides is 1. The molecule has 14 heteroatoms. The van der Waals surface area contributed by atoms with E-state index >= 15 is 0 Å². The first-order valence-electron chi connectivity index (χ1n) is 11.0. The Hall–Kier alpha value is -3.09. The van der Waals surface area contributed by atoms with Crippen LogP contribution in [-0.2, 0) is 26.2 Å². The van der Waals surface area contributed by atoms with Crippen molar-refractivity contribution in [2.45, 2.75) is 39.4 Å². The quantitative estimate of drug-likeness (QED) is 0.319. The number of ether oxygens (including phenoxy) is 1.